The molecule has 6 rings (SSSR count). The van der Waals surface area contributed by atoms with Gasteiger partial charge in [0.2, 0.25) is 0 Å². The molecule has 2 saturated carbocycles. The second-order valence-corrected chi connectivity index (χ2v) is 9.92. The lowest BCUT2D eigenvalue weighted by Crippen LogP contribution is -2.49. The van der Waals surface area contributed by atoms with E-state index in [0.717, 1.165) is 54.7 Å². The summed E-state index contributed by atoms with van der Waals surface area (Å²) in [6.45, 7) is 2.07. The normalized spacial score (nSPS) is 31.6. The second kappa shape index (κ2) is 7.70. The van der Waals surface area contributed by atoms with E-state index >= 15 is 0 Å². The van der Waals surface area contributed by atoms with E-state index in [0.29, 0.717) is 21.0 Å². The summed E-state index contributed by atoms with van der Waals surface area (Å²) < 4.78 is 11.8. The van der Waals surface area contributed by atoms with Crippen molar-refractivity contribution in [3.05, 3.63) is 24.5 Å². The van der Waals surface area contributed by atoms with Gasteiger partial charge in [0.25, 0.3) is 0 Å². The van der Waals surface area contributed by atoms with Crippen molar-refractivity contribution in [2.24, 2.45) is 5.92 Å². The molecular formula is C20H25N5O3Si. The highest BCUT2D eigenvalue weighted by Crippen LogP contribution is 2.34. The summed E-state index contributed by atoms with van der Waals surface area (Å²) in [6, 6.07) is 4.16. The number of amides is 1. The molecule has 1 amide bonds. The van der Waals surface area contributed by atoms with Gasteiger partial charge in [-0.15, -0.1) is 0 Å². The molecule has 9 heteroatoms. The Labute approximate surface area is 172 Å². The molecule has 2 fully saturated rings. The predicted molar refractivity (Wildman–Crippen MR) is 109 cm³/mol. The Morgan fingerprint density at radius 3 is 2.93 bits per heavy atom. The summed E-state index contributed by atoms with van der Waals surface area (Å²) in [4.78, 5) is 16.5. The lowest BCUT2D eigenvalue weighted by Gasteiger charge is -2.39. The minimum Gasteiger partial charge on any atom is -0.489 e. The number of fused-ring (bicyclic) bond motifs is 3. The lowest BCUT2D eigenvalue weighted by molar-refractivity contribution is 0.0582. The zero-order valence-electron chi connectivity index (χ0n) is 16.4. The van der Waals surface area contributed by atoms with Gasteiger partial charge in [0, 0.05) is 17.4 Å². The molecule has 3 atom stereocenters. The van der Waals surface area contributed by atoms with Crippen LogP contribution in [0.25, 0.3) is 0 Å². The molecule has 0 aromatic carbocycles. The molecule has 0 saturated heterocycles. The molecule has 8 bridgehead atoms. The van der Waals surface area contributed by atoms with Crippen LogP contribution >= 0.6 is 0 Å². The number of rotatable bonds is 0. The Morgan fingerprint density at radius 1 is 1.14 bits per heavy atom. The predicted octanol–water partition coefficient (Wildman–Crippen LogP) is 2.50. The van der Waals surface area contributed by atoms with Crippen molar-refractivity contribution < 1.29 is 14.3 Å². The number of nitrogens with zero attached hydrogens (tertiary/aromatic N) is 2. The molecule has 2 aromatic heterocycles. The number of ether oxygens (including phenoxy) is 2. The summed E-state index contributed by atoms with van der Waals surface area (Å²) in [6.07, 6.45) is 8.02. The van der Waals surface area contributed by atoms with Crippen molar-refractivity contribution in [1.82, 2.24) is 20.5 Å². The number of anilines is 2. The standard InChI is InChI=1S/C20H25N5O3Si/c1-11-12-4-13(5-12)23-20(26)28-15-2-3-17(7-15)29-19-8-18(24-25-19)22-14-6-16(27-11)10-21-9-14/h6,8-13,15,17H,2-5,7H2,1H3,(H,23,26)(H2,22,24,25)/t11-,12?,13?,15+,17-/m0/s1. The fraction of sp³-hybridized carbons (Fsp3) is 0.550. The van der Waals surface area contributed by atoms with Gasteiger partial charge in [0.05, 0.1) is 24.2 Å². The fourth-order valence-corrected chi connectivity index (χ4v) is 5.86. The number of carbonyl (C=O) groups excluding carboxylic acids is 1. The molecule has 0 spiro atoms. The highest BCUT2D eigenvalue weighted by molar-refractivity contribution is 6.54. The Morgan fingerprint density at radius 2 is 2.03 bits per heavy atom. The van der Waals surface area contributed by atoms with Gasteiger partial charge in [-0.05, 0) is 56.6 Å². The first-order valence-electron chi connectivity index (χ1n) is 10.3. The van der Waals surface area contributed by atoms with Gasteiger partial charge in [-0.2, -0.15) is 5.10 Å². The van der Waals surface area contributed by atoms with Gasteiger partial charge in [-0.1, -0.05) is 0 Å². The highest BCUT2D eigenvalue weighted by Gasteiger charge is 2.36. The Hall–Kier alpha value is -2.55. The van der Waals surface area contributed by atoms with Crippen molar-refractivity contribution in [3.63, 3.8) is 0 Å². The first-order chi connectivity index (χ1) is 14.1. The number of aromatic amines is 1. The van der Waals surface area contributed by atoms with Crippen LogP contribution in [0.4, 0.5) is 16.3 Å². The van der Waals surface area contributed by atoms with E-state index in [1.54, 1.807) is 12.4 Å². The van der Waals surface area contributed by atoms with Crippen molar-refractivity contribution in [2.45, 2.75) is 62.8 Å². The Bertz CT molecular complexity index is 885. The van der Waals surface area contributed by atoms with E-state index in [9.17, 15) is 4.79 Å². The highest BCUT2D eigenvalue weighted by atomic mass is 28.2. The van der Waals surface area contributed by atoms with Crippen molar-refractivity contribution in [2.75, 3.05) is 5.32 Å². The van der Waals surface area contributed by atoms with Crippen LogP contribution in [-0.4, -0.2) is 49.0 Å². The number of alkyl carbamates (subject to hydrolysis) is 1. The summed E-state index contributed by atoms with van der Waals surface area (Å²) in [5.74, 6) is 1.90. The average Bonchev–Trinajstić information content (AvgIpc) is 3.27. The van der Waals surface area contributed by atoms with Crippen molar-refractivity contribution >= 4 is 32.4 Å². The largest absolute Gasteiger partial charge is 0.489 e. The topological polar surface area (TPSA) is 101 Å². The van der Waals surface area contributed by atoms with Gasteiger partial charge in [0.1, 0.15) is 21.4 Å². The van der Waals surface area contributed by atoms with Crippen LogP contribution in [0, 0.1) is 5.92 Å². The van der Waals surface area contributed by atoms with Crippen LogP contribution in [0.3, 0.4) is 0 Å². The second-order valence-electron chi connectivity index (χ2n) is 8.28. The number of carbonyl (C=O) groups is 1. The average molecular weight is 412 g/mol. The molecular weight excluding hydrogens is 386 g/mol. The van der Waals surface area contributed by atoms with E-state index in [2.05, 4.69) is 32.7 Å². The van der Waals surface area contributed by atoms with E-state index in [1.807, 2.05) is 12.1 Å². The molecule has 8 nitrogen and oxygen atoms in total. The number of H-pyrrole nitrogens is 1. The van der Waals surface area contributed by atoms with Crippen molar-refractivity contribution in [1.29, 1.82) is 0 Å². The molecule has 3 N–H and O–H groups in total. The Balaban J connectivity index is 1.35. The molecule has 152 valence electrons. The van der Waals surface area contributed by atoms with E-state index in [1.165, 1.54) is 0 Å². The van der Waals surface area contributed by atoms with E-state index in [-0.39, 0.29) is 24.3 Å². The Kier molecular flexibility index (Phi) is 4.90. The zero-order chi connectivity index (χ0) is 19.8. The summed E-state index contributed by atoms with van der Waals surface area (Å²) in [7, 11) is 0.620. The maximum Gasteiger partial charge on any atom is 0.407 e. The first kappa shape index (κ1) is 18.5. The van der Waals surface area contributed by atoms with Crippen LogP contribution < -0.4 is 20.7 Å². The van der Waals surface area contributed by atoms with Gasteiger partial charge in [-0.25, -0.2) is 4.79 Å². The maximum absolute atomic E-state index is 12.2. The maximum atomic E-state index is 12.2. The fourth-order valence-electron chi connectivity index (χ4n) is 4.38. The summed E-state index contributed by atoms with van der Waals surface area (Å²) >= 11 is 0. The van der Waals surface area contributed by atoms with Gasteiger partial charge in [0.15, 0.2) is 5.82 Å². The number of hydrogen-bond acceptors (Lipinski definition) is 6. The molecule has 2 radical (unpaired) electrons. The third-order valence-electron chi connectivity index (χ3n) is 6.06. The number of pyridine rings is 1. The number of nitrogens with one attached hydrogen (secondary N) is 3. The third kappa shape index (κ3) is 4.24. The number of hydrogen-bond donors (Lipinski definition) is 3. The van der Waals surface area contributed by atoms with E-state index in [4.69, 9.17) is 9.47 Å². The monoisotopic (exact) mass is 411 g/mol. The molecule has 2 aromatic rings. The van der Waals surface area contributed by atoms with Crippen LogP contribution in [0.15, 0.2) is 24.5 Å². The molecule has 0 unspecified atom stereocenters. The van der Waals surface area contributed by atoms with E-state index < -0.39 is 0 Å². The molecule has 2 aliphatic heterocycles. The molecule has 4 heterocycles. The molecule has 4 aliphatic rings. The van der Waals surface area contributed by atoms with Crippen LogP contribution in [0.1, 0.15) is 39.0 Å². The van der Waals surface area contributed by atoms with Gasteiger partial charge in [-0.3, -0.25) is 10.1 Å². The first-order valence-corrected chi connectivity index (χ1v) is 11.4. The van der Waals surface area contributed by atoms with Gasteiger partial charge < -0.3 is 20.1 Å². The van der Waals surface area contributed by atoms with Crippen LogP contribution in [-0.2, 0) is 4.74 Å². The SMILES string of the molecule is C[C@@H]1Oc2cncc(c2)Nc2cc([nH]n2)[Si][C@H]2CC[C@H](C2)OC(=O)NC2CC1C2. The summed E-state index contributed by atoms with van der Waals surface area (Å²) in [5, 5.41) is 14.9. The lowest BCUT2D eigenvalue weighted by atomic mass is 9.77. The van der Waals surface area contributed by atoms with Crippen LogP contribution in [0.2, 0.25) is 5.54 Å². The third-order valence-corrected chi connectivity index (χ3v) is 7.56. The quantitative estimate of drug-likeness (QED) is 0.576. The molecule has 2 aliphatic carbocycles. The van der Waals surface area contributed by atoms with Gasteiger partial charge >= 0.3 is 6.09 Å². The minimum absolute atomic E-state index is 0.0146. The van der Waals surface area contributed by atoms with Crippen molar-refractivity contribution in [3.8, 4) is 5.75 Å². The minimum atomic E-state index is -0.279. The molecule has 29 heavy (non-hydrogen) atoms. The summed E-state index contributed by atoms with van der Waals surface area (Å²) in [5.41, 5.74) is 1.37. The zero-order valence-corrected chi connectivity index (χ0v) is 17.4. The smallest absolute Gasteiger partial charge is 0.407 e. The number of aromatic nitrogens is 3. The van der Waals surface area contributed by atoms with Crippen LogP contribution in [0.5, 0.6) is 5.75 Å².